The zero-order valence-corrected chi connectivity index (χ0v) is 22.3. The van der Waals surface area contributed by atoms with Gasteiger partial charge in [0.2, 0.25) is 0 Å². The van der Waals surface area contributed by atoms with Crippen LogP contribution < -0.4 is 11.1 Å². The zero-order valence-electron chi connectivity index (χ0n) is 20.7. The summed E-state index contributed by atoms with van der Waals surface area (Å²) < 4.78 is 6.57. The minimum Gasteiger partial charge on any atom is -0.383 e. The Bertz CT molecular complexity index is 1530. The normalized spacial score (nSPS) is 17.5. The van der Waals surface area contributed by atoms with E-state index >= 15 is 0 Å². The number of hydrogen-bond donors (Lipinski definition) is 2. The third-order valence-electron chi connectivity index (χ3n) is 6.29. The zero-order chi connectivity index (χ0) is 26.3. The Balaban J connectivity index is 1.76. The highest BCUT2D eigenvalue weighted by molar-refractivity contribution is 7.24. The van der Waals surface area contributed by atoms with Crippen LogP contribution in [0, 0.1) is 18.3 Å². The van der Waals surface area contributed by atoms with Crippen molar-refractivity contribution in [1.82, 2.24) is 9.88 Å². The first-order chi connectivity index (χ1) is 17.7. The number of nitriles is 1. The number of rotatable bonds is 4. The Morgan fingerprint density at radius 2 is 1.92 bits per heavy atom. The molecule has 1 saturated heterocycles. The number of carbonyl (C=O) groups is 1. The van der Waals surface area contributed by atoms with Crippen molar-refractivity contribution >= 4 is 55.6 Å². The summed E-state index contributed by atoms with van der Waals surface area (Å²) in [5.41, 5.74) is 10.9. The average Bonchev–Trinajstić information content (AvgIpc) is 3.19. The molecule has 0 bridgehead atoms. The van der Waals surface area contributed by atoms with E-state index in [-0.39, 0.29) is 29.5 Å². The number of benzene rings is 2. The number of ether oxygens (including phenoxy) is 1. The van der Waals surface area contributed by atoms with E-state index in [1.165, 1.54) is 11.3 Å². The molecular weight excluding hydrogens is 506 g/mol. The predicted octanol–water partition coefficient (Wildman–Crippen LogP) is 6.37. The summed E-state index contributed by atoms with van der Waals surface area (Å²) in [6.07, 6.45) is -0.169. The smallest absolute Gasteiger partial charge is 0.259 e. The van der Waals surface area contributed by atoms with E-state index < -0.39 is 0 Å². The quantitative estimate of drug-likeness (QED) is 0.317. The molecule has 0 spiro atoms. The van der Waals surface area contributed by atoms with Gasteiger partial charge >= 0.3 is 0 Å². The molecule has 37 heavy (non-hydrogen) atoms. The van der Waals surface area contributed by atoms with Crippen molar-refractivity contribution in [3.63, 3.8) is 0 Å². The molecule has 2 atom stereocenters. The van der Waals surface area contributed by atoms with Gasteiger partial charge in [0.05, 0.1) is 22.4 Å². The van der Waals surface area contributed by atoms with Gasteiger partial charge in [-0.3, -0.25) is 4.79 Å². The molecule has 3 N–H and O–H groups in total. The molecule has 0 aliphatic carbocycles. The number of aryl methyl sites for hydroxylation is 1. The SMILES string of the molecule is Cc1cccc(Nc2sc3c(-c4ccc(Cl)cc4)c(C#N)c(N)nc3c2C(=O)N2CC(C)OC(C)C2)c1. The van der Waals surface area contributed by atoms with E-state index in [4.69, 9.17) is 22.1 Å². The number of anilines is 3. The van der Waals surface area contributed by atoms with Crippen LogP contribution in [0.2, 0.25) is 5.02 Å². The molecule has 9 heteroatoms. The molecule has 1 fully saturated rings. The number of nitrogens with one attached hydrogen (secondary N) is 1. The number of pyridine rings is 1. The van der Waals surface area contributed by atoms with Crippen molar-refractivity contribution in [2.45, 2.75) is 33.0 Å². The molecule has 0 saturated carbocycles. The summed E-state index contributed by atoms with van der Waals surface area (Å²) in [5, 5.41) is 14.7. The van der Waals surface area contributed by atoms with Gasteiger partial charge in [0.1, 0.15) is 28.0 Å². The molecule has 1 aliphatic rings. The fourth-order valence-corrected chi connectivity index (χ4v) is 6.12. The van der Waals surface area contributed by atoms with Crippen molar-refractivity contribution in [2.24, 2.45) is 0 Å². The lowest BCUT2D eigenvalue weighted by atomic mass is 9.99. The maximum absolute atomic E-state index is 14.1. The number of aromatic nitrogens is 1. The second-order valence-electron chi connectivity index (χ2n) is 9.31. The summed E-state index contributed by atoms with van der Waals surface area (Å²) >= 11 is 7.53. The van der Waals surface area contributed by atoms with Crippen molar-refractivity contribution in [2.75, 3.05) is 24.1 Å². The fourth-order valence-electron chi connectivity index (χ4n) is 4.76. The average molecular weight is 532 g/mol. The van der Waals surface area contributed by atoms with E-state index in [1.54, 1.807) is 17.0 Å². The summed E-state index contributed by atoms with van der Waals surface area (Å²) in [4.78, 5) is 20.5. The Morgan fingerprint density at radius 1 is 1.22 bits per heavy atom. The Morgan fingerprint density at radius 3 is 2.57 bits per heavy atom. The number of halogens is 1. The number of morpholine rings is 1. The first kappa shape index (κ1) is 25.0. The van der Waals surface area contributed by atoms with Crippen molar-refractivity contribution in [3.05, 3.63) is 70.2 Å². The second kappa shape index (κ2) is 10.0. The molecule has 188 valence electrons. The molecule has 4 aromatic rings. The highest BCUT2D eigenvalue weighted by Gasteiger charge is 2.32. The molecule has 2 aromatic carbocycles. The van der Waals surface area contributed by atoms with Crippen LogP contribution >= 0.6 is 22.9 Å². The number of nitrogens with two attached hydrogens (primary N) is 1. The minimum atomic E-state index is -0.151. The molecule has 1 aliphatic heterocycles. The molecule has 3 heterocycles. The highest BCUT2D eigenvalue weighted by Crippen LogP contribution is 2.45. The van der Waals surface area contributed by atoms with Gasteiger partial charge in [0.25, 0.3) is 5.91 Å². The van der Waals surface area contributed by atoms with Gasteiger partial charge in [0.15, 0.2) is 0 Å². The Kier molecular flexibility index (Phi) is 6.78. The van der Waals surface area contributed by atoms with Gasteiger partial charge in [-0.25, -0.2) is 4.98 Å². The van der Waals surface area contributed by atoms with Crippen LogP contribution in [-0.2, 0) is 4.74 Å². The number of amides is 1. The largest absolute Gasteiger partial charge is 0.383 e. The standard InChI is InChI=1S/C28H26ClN5O2S/c1-15-5-4-6-20(11-15)32-27-23(28(35)34-13-16(2)36-17(3)14-34)24-25(37-27)22(21(12-30)26(31)33-24)18-7-9-19(29)10-8-18/h4-11,16-17,32H,13-14H2,1-3H3,(H2,31,33). The predicted molar refractivity (Wildman–Crippen MR) is 150 cm³/mol. The van der Waals surface area contributed by atoms with Gasteiger partial charge in [-0.2, -0.15) is 5.26 Å². The minimum absolute atomic E-state index is 0.0811. The number of fused-ring (bicyclic) bond motifs is 1. The topological polar surface area (TPSA) is 104 Å². The Labute approximate surface area is 224 Å². The fraction of sp³-hybridized carbons (Fsp3) is 0.250. The Hall–Kier alpha value is -3.64. The van der Waals surface area contributed by atoms with E-state index in [0.29, 0.717) is 44.5 Å². The first-order valence-electron chi connectivity index (χ1n) is 12.0. The number of nitrogens with zero attached hydrogens (tertiary/aromatic N) is 3. The maximum Gasteiger partial charge on any atom is 0.259 e. The maximum atomic E-state index is 14.1. The highest BCUT2D eigenvalue weighted by atomic mass is 35.5. The van der Waals surface area contributed by atoms with E-state index in [2.05, 4.69) is 16.4 Å². The lowest BCUT2D eigenvalue weighted by Gasteiger charge is -2.35. The van der Waals surface area contributed by atoms with Crippen LogP contribution in [0.1, 0.15) is 35.3 Å². The molecule has 0 radical (unpaired) electrons. The molecule has 1 amide bonds. The van der Waals surface area contributed by atoms with Gasteiger partial charge in [-0.1, -0.05) is 35.9 Å². The molecular formula is C28H26ClN5O2S. The van der Waals surface area contributed by atoms with Crippen LogP contribution in [0.3, 0.4) is 0 Å². The van der Waals surface area contributed by atoms with E-state index in [0.717, 1.165) is 16.8 Å². The van der Waals surface area contributed by atoms with E-state index in [1.807, 2.05) is 57.2 Å². The lowest BCUT2D eigenvalue weighted by molar-refractivity contribution is -0.0585. The molecule has 2 unspecified atom stereocenters. The summed E-state index contributed by atoms with van der Waals surface area (Å²) in [5.74, 6) is -0.0697. The first-order valence-corrected chi connectivity index (χ1v) is 13.1. The van der Waals surface area contributed by atoms with Gasteiger partial charge < -0.3 is 20.7 Å². The third kappa shape index (κ3) is 4.86. The van der Waals surface area contributed by atoms with Gasteiger partial charge in [0, 0.05) is 29.4 Å². The van der Waals surface area contributed by atoms with Gasteiger partial charge in [-0.15, -0.1) is 11.3 Å². The summed E-state index contributed by atoms with van der Waals surface area (Å²) in [7, 11) is 0. The van der Waals surface area contributed by atoms with Crippen LogP contribution in [-0.4, -0.2) is 41.1 Å². The molecule has 5 rings (SSSR count). The van der Waals surface area contributed by atoms with Crippen LogP contribution in [0.5, 0.6) is 0 Å². The third-order valence-corrected chi connectivity index (χ3v) is 7.65. The van der Waals surface area contributed by atoms with Crippen molar-refractivity contribution < 1.29 is 9.53 Å². The lowest BCUT2D eigenvalue weighted by Crippen LogP contribution is -2.48. The molecule has 2 aromatic heterocycles. The number of carbonyl (C=O) groups excluding carboxylic acids is 1. The molecule has 7 nitrogen and oxygen atoms in total. The monoisotopic (exact) mass is 531 g/mol. The number of thiophene rings is 1. The van der Waals surface area contributed by atoms with E-state index in [9.17, 15) is 10.1 Å². The second-order valence-corrected chi connectivity index (χ2v) is 10.8. The summed E-state index contributed by atoms with van der Waals surface area (Å²) in [6.45, 7) is 6.88. The van der Waals surface area contributed by atoms with Crippen molar-refractivity contribution in [3.8, 4) is 17.2 Å². The number of hydrogen-bond acceptors (Lipinski definition) is 7. The van der Waals surface area contributed by atoms with Crippen LogP contribution in [0.25, 0.3) is 21.3 Å². The number of nitrogen functional groups attached to an aromatic ring is 1. The van der Waals surface area contributed by atoms with Crippen LogP contribution in [0.15, 0.2) is 48.5 Å². The van der Waals surface area contributed by atoms with Crippen molar-refractivity contribution in [1.29, 1.82) is 5.26 Å². The van der Waals surface area contributed by atoms with Gasteiger partial charge in [-0.05, 0) is 56.2 Å². The van der Waals surface area contributed by atoms with Crippen LogP contribution in [0.4, 0.5) is 16.5 Å². The summed E-state index contributed by atoms with van der Waals surface area (Å²) in [6, 6.07) is 17.4.